The number of hydrogen-bond acceptors (Lipinski definition) is 5. The number of fused-ring (bicyclic) bond motifs is 2. The van der Waals surface area contributed by atoms with E-state index in [4.69, 9.17) is 4.74 Å². The first-order valence-electron chi connectivity index (χ1n) is 9.70. The molecular weight excluding hydrogens is 344 g/mol. The summed E-state index contributed by atoms with van der Waals surface area (Å²) in [6.07, 6.45) is 3.65. The number of pyridine rings is 1. The minimum absolute atomic E-state index is 0.136. The van der Waals surface area contributed by atoms with Gasteiger partial charge in [0.2, 0.25) is 0 Å². The van der Waals surface area contributed by atoms with Gasteiger partial charge in [-0.25, -0.2) is 4.98 Å². The van der Waals surface area contributed by atoms with Crippen molar-refractivity contribution < 1.29 is 9.53 Å². The van der Waals surface area contributed by atoms with Crippen molar-refractivity contribution in [3.63, 3.8) is 0 Å². The Bertz CT molecular complexity index is 908. The molecule has 144 valence electrons. The van der Waals surface area contributed by atoms with Crippen LogP contribution in [0.5, 0.6) is 0 Å². The molecule has 0 saturated carbocycles. The third-order valence-corrected chi connectivity index (χ3v) is 5.68. The highest BCUT2D eigenvalue weighted by Gasteiger charge is 2.37. The lowest BCUT2D eigenvalue weighted by atomic mass is 10.0. The monoisotopic (exact) mass is 370 g/mol. The van der Waals surface area contributed by atoms with Crippen LogP contribution < -0.4 is 5.56 Å². The molecule has 2 atom stereocenters. The van der Waals surface area contributed by atoms with Gasteiger partial charge in [0.15, 0.2) is 0 Å². The number of nitrogens with zero attached hydrogens (tertiary/aromatic N) is 4. The van der Waals surface area contributed by atoms with Gasteiger partial charge in [0, 0.05) is 37.6 Å². The average molecular weight is 370 g/mol. The summed E-state index contributed by atoms with van der Waals surface area (Å²) in [5, 5.41) is 0. The summed E-state index contributed by atoms with van der Waals surface area (Å²) < 4.78 is 7.28. The maximum Gasteiger partial charge on any atom is 0.270 e. The van der Waals surface area contributed by atoms with Crippen LogP contribution >= 0.6 is 0 Å². The van der Waals surface area contributed by atoms with Gasteiger partial charge in [-0.15, -0.1) is 0 Å². The standard InChI is InChI=1S/C20H26N4O3/c1-3-5-15-12-27-13-16-11-22(8-9-23(15)16)19(25)17-10-21-18-7-4-6-14(2)24(18)20(17)26/h4,6-7,10,15-16H,3,5,8-9,11-13H2,1-2H3/t15-,16+/m0/s1. The molecular formula is C20H26N4O3. The Labute approximate surface area is 158 Å². The van der Waals surface area contributed by atoms with Crippen LogP contribution in [0.15, 0.2) is 29.2 Å². The molecule has 0 N–H and O–H groups in total. The molecule has 2 fully saturated rings. The number of morpholine rings is 1. The van der Waals surface area contributed by atoms with E-state index < -0.39 is 0 Å². The van der Waals surface area contributed by atoms with E-state index in [1.807, 2.05) is 19.1 Å². The lowest BCUT2D eigenvalue weighted by Crippen LogP contribution is -2.62. The number of amides is 1. The van der Waals surface area contributed by atoms with Crippen molar-refractivity contribution in [2.24, 2.45) is 0 Å². The summed E-state index contributed by atoms with van der Waals surface area (Å²) in [4.78, 5) is 34.5. The fraction of sp³-hybridized carbons (Fsp3) is 0.550. The molecule has 4 rings (SSSR count). The van der Waals surface area contributed by atoms with Crippen molar-refractivity contribution in [2.75, 3.05) is 32.8 Å². The molecule has 1 amide bonds. The van der Waals surface area contributed by atoms with E-state index in [1.54, 1.807) is 11.0 Å². The Kier molecular flexibility index (Phi) is 4.97. The van der Waals surface area contributed by atoms with Gasteiger partial charge in [-0.3, -0.25) is 18.9 Å². The number of hydrogen-bond donors (Lipinski definition) is 0. The molecule has 0 bridgehead atoms. The van der Waals surface area contributed by atoms with Gasteiger partial charge in [0.25, 0.3) is 11.5 Å². The lowest BCUT2D eigenvalue weighted by Gasteiger charge is -2.48. The van der Waals surface area contributed by atoms with Gasteiger partial charge in [-0.1, -0.05) is 19.4 Å². The van der Waals surface area contributed by atoms with Crippen LogP contribution in [0, 0.1) is 6.92 Å². The van der Waals surface area contributed by atoms with E-state index in [0.29, 0.717) is 31.4 Å². The molecule has 7 nitrogen and oxygen atoms in total. The highest BCUT2D eigenvalue weighted by atomic mass is 16.5. The Morgan fingerprint density at radius 1 is 1.30 bits per heavy atom. The van der Waals surface area contributed by atoms with Gasteiger partial charge in [-0.2, -0.15) is 0 Å². The Balaban J connectivity index is 1.58. The maximum atomic E-state index is 13.1. The molecule has 2 aromatic heterocycles. The summed E-state index contributed by atoms with van der Waals surface area (Å²) in [5.41, 5.74) is 1.17. The number of carbonyl (C=O) groups is 1. The number of aromatic nitrogens is 2. The quantitative estimate of drug-likeness (QED) is 0.815. The zero-order valence-electron chi connectivity index (χ0n) is 15.9. The summed E-state index contributed by atoms with van der Waals surface area (Å²) in [5.74, 6) is -0.234. The first kappa shape index (κ1) is 18.1. The van der Waals surface area contributed by atoms with Crippen LogP contribution in [-0.2, 0) is 4.74 Å². The Hall–Kier alpha value is -2.25. The van der Waals surface area contributed by atoms with Crippen molar-refractivity contribution in [1.82, 2.24) is 19.2 Å². The van der Waals surface area contributed by atoms with E-state index >= 15 is 0 Å². The fourth-order valence-electron chi connectivity index (χ4n) is 4.29. The Morgan fingerprint density at radius 3 is 2.96 bits per heavy atom. The highest BCUT2D eigenvalue weighted by molar-refractivity contribution is 5.94. The molecule has 7 heteroatoms. The van der Waals surface area contributed by atoms with E-state index in [-0.39, 0.29) is 23.1 Å². The molecule has 27 heavy (non-hydrogen) atoms. The molecule has 2 aliphatic rings. The molecule has 2 aliphatic heterocycles. The van der Waals surface area contributed by atoms with Crippen LogP contribution in [0.25, 0.3) is 5.65 Å². The molecule has 0 aliphatic carbocycles. The fourth-order valence-corrected chi connectivity index (χ4v) is 4.29. The molecule has 0 unspecified atom stereocenters. The molecule has 2 aromatic rings. The zero-order valence-corrected chi connectivity index (χ0v) is 15.9. The van der Waals surface area contributed by atoms with Crippen molar-refractivity contribution in [3.05, 3.63) is 46.0 Å². The first-order chi connectivity index (χ1) is 13.1. The summed E-state index contributed by atoms with van der Waals surface area (Å²) >= 11 is 0. The number of rotatable bonds is 3. The summed E-state index contributed by atoms with van der Waals surface area (Å²) in [7, 11) is 0. The van der Waals surface area contributed by atoms with Gasteiger partial charge in [0.05, 0.1) is 19.3 Å². The molecule has 4 heterocycles. The molecule has 0 aromatic carbocycles. The van der Waals surface area contributed by atoms with Crippen LogP contribution in [0.3, 0.4) is 0 Å². The zero-order chi connectivity index (χ0) is 19.0. The third-order valence-electron chi connectivity index (χ3n) is 5.68. The predicted octanol–water partition coefficient (Wildman–Crippen LogP) is 1.33. The second-order valence-electron chi connectivity index (χ2n) is 7.46. The van der Waals surface area contributed by atoms with Crippen LogP contribution in [0.2, 0.25) is 0 Å². The van der Waals surface area contributed by atoms with E-state index in [2.05, 4.69) is 16.8 Å². The predicted molar refractivity (Wildman–Crippen MR) is 102 cm³/mol. The lowest BCUT2D eigenvalue weighted by molar-refractivity contribution is -0.0776. The molecule has 2 saturated heterocycles. The van der Waals surface area contributed by atoms with Gasteiger partial charge >= 0.3 is 0 Å². The third kappa shape index (κ3) is 3.26. The molecule has 0 radical (unpaired) electrons. The van der Waals surface area contributed by atoms with Crippen LogP contribution in [0.4, 0.5) is 0 Å². The van der Waals surface area contributed by atoms with Gasteiger partial charge < -0.3 is 9.64 Å². The number of piperazine rings is 1. The van der Waals surface area contributed by atoms with Gasteiger partial charge in [0.1, 0.15) is 11.2 Å². The summed E-state index contributed by atoms with van der Waals surface area (Å²) in [6.45, 7) is 7.49. The number of carbonyl (C=O) groups excluding carboxylic acids is 1. The molecule has 0 spiro atoms. The number of ether oxygens (including phenoxy) is 1. The summed E-state index contributed by atoms with van der Waals surface area (Å²) in [6, 6.07) is 6.10. The first-order valence-corrected chi connectivity index (χ1v) is 9.70. The second kappa shape index (κ2) is 7.40. The van der Waals surface area contributed by atoms with Crippen molar-refractivity contribution in [3.8, 4) is 0 Å². The van der Waals surface area contributed by atoms with E-state index in [9.17, 15) is 9.59 Å². The van der Waals surface area contributed by atoms with Crippen molar-refractivity contribution in [1.29, 1.82) is 0 Å². The maximum absolute atomic E-state index is 13.1. The van der Waals surface area contributed by atoms with E-state index in [0.717, 1.165) is 31.7 Å². The smallest absolute Gasteiger partial charge is 0.270 e. The van der Waals surface area contributed by atoms with Crippen LogP contribution in [-0.4, -0.2) is 70.0 Å². The van der Waals surface area contributed by atoms with Crippen molar-refractivity contribution in [2.45, 2.75) is 38.8 Å². The topological polar surface area (TPSA) is 67.2 Å². The number of aryl methyl sites for hydroxylation is 1. The second-order valence-corrected chi connectivity index (χ2v) is 7.46. The largest absolute Gasteiger partial charge is 0.378 e. The minimum Gasteiger partial charge on any atom is -0.378 e. The minimum atomic E-state index is -0.297. The average Bonchev–Trinajstić information content (AvgIpc) is 2.68. The SMILES string of the molecule is CCC[C@H]1COC[C@H]2CN(C(=O)c3cnc4cccc(C)n4c3=O)CCN12. The highest BCUT2D eigenvalue weighted by Crippen LogP contribution is 2.22. The van der Waals surface area contributed by atoms with Gasteiger partial charge in [-0.05, 0) is 25.5 Å². The normalized spacial score (nSPS) is 23.4. The Morgan fingerprint density at radius 2 is 2.15 bits per heavy atom. The van der Waals surface area contributed by atoms with Crippen molar-refractivity contribution >= 4 is 11.6 Å². The van der Waals surface area contributed by atoms with Crippen LogP contribution in [0.1, 0.15) is 35.8 Å². The van der Waals surface area contributed by atoms with E-state index in [1.165, 1.54) is 10.6 Å².